The van der Waals surface area contributed by atoms with E-state index in [1.54, 1.807) is 43.6 Å². The number of aliphatic hydroxyl groups is 1. The molecule has 11 nitrogen and oxygen atoms in total. The predicted octanol–water partition coefficient (Wildman–Crippen LogP) is 2.86. The molecule has 0 spiro atoms. The summed E-state index contributed by atoms with van der Waals surface area (Å²) in [5, 5.41) is 28.3. The van der Waals surface area contributed by atoms with Crippen molar-refractivity contribution in [3.63, 3.8) is 0 Å². The van der Waals surface area contributed by atoms with E-state index >= 15 is 0 Å². The average molecular weight is 462 g/mol. The highest BCUT2D eigenvalue weighted by molar-refractivity contribution is 6.03. The molecule has 4 aromatic heterocycles. The molecule has 11 heteroatoms. The van der Waals surface area contributed by atoms with Crippen molar-refractivity contribution in [1.82, 2.24) is 40.0 Å². The van der Waals surface area contributed by atoms with Gasteiger partial charge in [-0.3, -0.25) is 14.5 Å². The maximum atomic E-state index is 13.0. The summed E-state index contributed by atoms with van der Waals surface area (Å²) in [5.74, 6) is 0.333. The molecule has 0 fully saturated rings. The summed E-state index contributed by atoms with van der Waals surface area (Å²) in [6.07, 6.45) is 5.43. The van der Waals surface area contributed by atoms with Gasteiger partial charge in [-0.2, -0.15) is 5.10 Å². The van der Waals surface area contributed by atoms with Crippen LogP contribution in [0.25, 0.3) is 22.6 Å². The topological polar surface area (TPSA) is 137 Å². The van der Waals surface area contributed by atoms with Crippen molar-refractivity contribution in [2.75, 3.05) is 11.9 Å². The second-order valence-corrected chi connectivity index (χ2v) is 9.07. The highest BCUT2D eigenvalue weighted by atomic mass is 16.3. The van der Waals surface area contributed by atoms with E-state index in [4.69, 9.17) is 0 Å². The smallest absolute Gasteiger partial charge is 0.275 e. The normalized spacial score (nSPS) is 12.5. The Morgan fingerprint density at radius 3 is 2.74 bits per heavy atom. The number of aromatic nitrogens is 8. The van der Waals surface area contributed by atoms with Crippen LogP contribution in [-0.4, -0.2) is 57.6 Å². The molecule has 0 aliphatic carbocycles. The predicted molar refractivity (Wildman–Crippen MR) is 126 cm³/mol. The molecule has 0 saturated heterocycles. The number of amides is 1. The van der Waals surface area contributed by atoms with Gasteiger partial charge in [-0.25, -0.2) is 9.67 Å². The summed E-state index contributed by atoms with van der Waals surface area (Å²) in [6, 6.07) is 6.59. The Morgan fingerprint density at radius 2 is 2.03 bits per heavy atom. The first kappa shape index (κ1) is 23.2. The maximum Gasteiger partial charge on any atom is 0.275 e. The van der Waals surface area contributed by atoms with E-state index in [1.165, 1.54) is 4.68 Å². The van der Waals surface area contributed by atoms with Crippen molar-refractivity contribution >= 4 is 11.7 Å². The second kappa shape index (κ2) is 9.10. The molecule has 1 unspecified atom stereocenters. The first-order valence-corrected chi connectivity index (χ1v) is 10.9. The first-order chi connectivity index (χ1) is 16.2. The zero-order valence-electron chi connectivity index (χ0n) is 19.8. The van der Waals surface area contributed by atoms with Crippen molar-refractivity contribution in [3.8, 4) is 22.6 Å². The molecule has 0 radical (unpaired) electrons. The third-order valence-electron chi connectivity index (χ3n) is 5.31. The van der Waals surface area contributed by atoms with Gasteiger partial charge in [-0.05, 0) is 74.4 Å². The fraction of sp³-hybridized carbons (Fsp3) is 0.348. The van der Waals surface area contributed by atoms with Crippen molar-refractivity contribution in [2.45, 2.75) is 46.2 Å². The van der Waals surface area contributed by atoms with Crippen LogP contribution in [-0.2, 0) is 5.54 Å². The lowest BCUT2D eigenvalue weighted by Crippen LogP contribution is -2.21. The van der Waals surface area contributed by atoms with Crippen LogP contribution in [0.2, 0.25) is 0 Å². The molecular formula is C23H27N9O2. The molecule has 1 amide bonds. The number of carbonyl (C=O) groups is 1. The fourth-order valence-corrected chi connectivity index (χ4v) is 3.33. The molecule has 1 atom stereocenters. The monoisotopic (exact) mass is 461 g/mol. The number of anilines is 1. The standard InChI is InChI=1S/C23H27N9O2/c1-14-10-24-19(9-17(14)16-11-25-31(12-16)23(3,4)5)22(34)27-20-8-6-7-18(26-20)21-28-29-30-32(21)15(2)13-33/h6-12,15,33H,13H2,1-5H3,(H,26,27,34). The Balaban J connectivity index is 1.59. The third kappa shape index (κ3) is 4.69. The van der Waals surface area contributed by atoms with Crippen molar-refractivity contribution in [1.29, 1.82) is 0 Å². The minimum atomic E-state index is -0.391. The molecule has 4 aromatic rings. The van der Waals surface area contributed by atoms with Gasteiger partial charge in [0.15, 0.2) is 0 Å². The lowest BCUT2D eigenvalue weighted by atomic mass is 10.0. The number of hydrogen-bond donors (Lipinski definition) is 2. The van der Waals surface area contributed by atoms with Gasteiger partial charge in [-0.15, -0.1) is 5.10 Å². The zero-order chi connectivity index (χ0) is 24.5. The Hall–Kier alpha value is -3.99. The quantitative estimate of drug-likeness (QED) is 0.447. The van der Waals surface area contributed by atoms with Gasteiger partial charge in [0, 0.05) is 18.0 Å². The van der Waals surface area contributed by atoms with E-state index in [9.17, 15) is 9.90 Å². The van der Waals surface area contributed by atoms with Gasteiger partial charge in [0.1, 0.15) is 17.2 Å². The van der Waals surface area contributed by atoms with Crippen LogP contribution in [0.4, 0.5) is 5.82 Å². The summed E-state index contributed by atoms with van der Waals surface area (Å²) >= 11 is 0. The molecule has 0 aliphatic rings. The van der Waals surface area contributed by atoms with Crippen molar-refractivity contribution < 1.29 is 9.90 Å². The Kier molecular flexibility index (Phi) is 6.20. The number of nitrogens with one attached hydrogen (secondary N) is 1. The van der Waals surface area contributed by atoms with Gasteiger partial charge in [-0.1, -0.05) is 6.07 Å². The van der Waals surface area contributed by atoms with Crippen LogP contribution in [0.15, 0.2) is 42.9 Å². The number of aryl methyl sites for hydroxylation is 1. The summed E-state index contributed by atoms with van der Waals surface area (Å²) in [4.78, 5) is 21.8. The summed E-state index contributed by atoms with van der Waals surface area (Å²) in [6.45, 7) is 9.84. The highest BCUT2D eigenvalue weighted by Gasteiger charge is 2.18. The lowest BCUT2D eigenvalue weighted by Gasteiger charge is -2.18. The van der Waals surface area contributed by atoms with E-state index in [0.717, 1.165) is 16.7 Å². The van der Waals surface area contributed by atoms with Crippen LogP contribution in [0, 0.1) is 6.92 Å². The molecule has 176 valence electrons. The van der Waals surface area contributed by atoms with Crippen molar-refractivity contribution in [2.24, 2.45) is 0 Å². The van der Waals surface area contributed by atoms with E-state index < -0.39 is 5.91 Å². The van der Waals surface area contributed by atoms with Crippen LogP contribution in [0.3, 0.4) is 0 Å². The van der Waals surface area contributed by atoms with Crippen LogP contribution in [0.5, 0.6) is 0 Å². The van der Waals surface area contributed by atoms with Crippen LogP contribution >= 0.6 is 0 Å². The SMILES string of the molecule is Cc1cnc(C(=O)Nc2cccc(-c3nnnn3C(C)CO)n2)cc1-c1cnn(C(C)(C)C)c1. The second-order valence-electron chi connectivity index (χ2n) is 9.07. The summed E-state index contributed by atoms with van der Waals surface area (Å²) in [7, 11) is 0. The van der Waals surface area contributed by atoms with Crippen LogP contribution in [0.1, 0.15) is 49.8 Å². The zero-order valence-corrected chi connectivity index (χ0v) is 19.8. The van der Waals surface area contributed by atoms with Gasteiger partial charge in [0.05, 0.1) is 24.4 Å². The van der Waals surface area contributed by atoms with Crippen LogP contribution < -0.4 is 5.32 Å². The maximum absolute atomic E-state index is 13.0. The Labute approximate surface area is 196 Å². The molecule has 0 saturated carbocycles. The largest absolute Gasteiger partial charge is 0.394 e. The molecule has 4 heterocycles. The van der Waals surface area contributed by atoms with E-state index in [-0.39, 0.29) is 23.9 Å². The number of pyridine rings is 2. The average Bonchev–Trinajstić information content (AvgIpc) is 3.49. The number of aliphatic hydroxyl groups excluding tert-OH is 1. The minimum absolute atomic E-state index is 0.120. The van der Waals surface area contributed by atoms with Gasteiger partial charge in [0.25, 0.3) is 5.91 Å². The molecule has 0 aromatic carbocycles. The molecule has 4 rings (SSSR count). The Morgan fingerprint density at radius 1 is 1.24 bits per heavy atom. The number of tetrazole rings is 1. The number of nitrogens with zero attached hydrogens (tertiary/aromatic N) is 8. The molecule has 2 N–H and O–H groups in total. The van der Waals surface area contributed by atoms with E-state index in [0.29, 0.717) is 17.3 Å². The lowest BCUT2D eigenvalue weighted by molar-refractivity contribution is 0.102. The van der Waals surface area contributed by atoms with E-state index in [1.807, 2.05) is 17.8 Å². The third-order valence-corrected chi connectivity index (χ3v) is 5.31. The number of hydrogen-bond acceptors (Lipinski definition) is 8. The molecular weight excluding hydrogens is 434 g/mol. The fourth-order valence-electron chi connectivity index (χ4n) is 3.33. The molecule has 34 heavy (non-hydrogen) atoms. The Bertz CT molecular complexity index is 1320. The first-order valence-electron chi connectivity index (χ1n) is 10.9. The minimum Gasteiger partial charge on any atom is -0.394 e. The number of rotatable bonds is 6. The summed E-state index contributed by atoms with van der Waals surface area (Å²) in [5.41, 5.74) is 3.31. The molecule has 0 aliphatic heterocycles. The van der Waals surface area contributed by atoms with Gasteiger partial charge < -0.3 is 10.4 Å². The van der Waals surface area contributed by atoms with E-state index in [2.05, 4.69) is 56.7 Å². The van der Waals surface area contributed by atoms with Gasteiger partial charge >= 0.3 is 0 Å². The molecule has 0 bridgehead atoms. The van der Waals surface area contributed by atoms with Crippen molar-refractivity contribution in [3.05, 3.63) is 54.1 Å². The highest BCUT2D eigenvalue weighted by Crippen LogP contribution is 2.26. The number of carbonyl (C=O) groups excluding carboxylic acids is 1. The van der Waals surface area contributed by atoms with Gasteiger partial charge in [0.2, 0.25) is 5.82 Å². The summed E-state index contributed by atoms with van der Waals surface area (Å²) < 4.78 is 3.38.